The molecule has 0 bridgehead atoms. The highest BCUT2D eigenvalue weighted by atomic mass is 79.9. The molecule has 0 aromatic heterocycles. The number of nitrogens with zero attached hydrogens (tertiary/aromatic N) is 2. The summed E-state index contributed by atoms with van der Waals surface area (Å²) in [5.41, 5.74) is 8.52. The lowest BCUT2D eigenvalue weighted by Crippen LogP contribution is -2.44. The summed E-state index contributed by atoms with van der Waals surface area (Å²) in [7, 11) is 2.18. The van der Waals surface area contributed by atoms with Gasteiger partial charge >= 0.3 is 0 Å². The molecular formula is C15H24BrN3. The van der Waals surface area contributed by atoms with Crippen molar-refractivity contribution >= 4 is 21.6 Å². The molecule has 1 aromatic rings. The van der Waals surface area contributed by atoms with Crippen molar-refractivity contribution in [1.29, 1.82) is 0 Å². The van der Waals surface area contributed by atoms with E-state index in [4.69, 9.17) is 5.73 Å². The van der Waals surface area contributed by atoms with Crippen LogP contribution in [0.2, 0.25) is 0 Å². The van der Waals surface area contributed by atoms with Gasteiger partial charge in [-0.1, -0.05) is 22.9 Å². The first kappa shape index (κ1) is 14.8. The molecule has 2 atom stereocenters. The van der Waals surface area contributed by atoms with Crippen LogP contribution >= 0.6 is 15.9 Å². The Labute approximate surface area is 124 Å². The van der Waals surface area contributed by atoms with Crippen molar-refractivity contribution in [2.75, 3.05) is 38.1 Å². The van der Waals surface area contributed by atoms with Crippen molar-refractivity contribution < 1.29 is 0 Å². The number of hydrogen-bond acceptors (Lipinski definition) is 3. The first-order valence-electron chi connectivity index (χ1n) is 6.92. The van der Waals surface area contributed by atoms with Gasteiger partial charge in [0.15, 0.2) is 0 Å². The maximum absolute atomic E-state index is 5.93. The van der Waals surface area contributed by atoms with Crippen molar-refractivity contribution in [2.24, 2.45) is 11.7 Å². The summed E-state index contributed by atoms with van der Waals surface area (Å²) in [6.07, 6.45) is 0. The van der Waals surface area contributed by atoms with Crippen LogP contribution in [0.5, 0.6) is 0 Å². The summed E-state index contributed by atoms with van der Waals surface area (Å²) in [4.78, 5) is 4.88. The highest BCUT2D eigenvalue weighted by molar-refractivity contribution is 9.10. The van der Waals surface area contributed by atoms with Crippen LogP contribution in [-0.2, 0) is 0 Å². The normalized spacial score (nSPS) is 25.4. The maximum Gasteiger partial charge on any atom is 0.0390 e. The highest BCUT2D eigenvalue weighted by Gasteiger charge is 2.25. The van der Waals surface area contributed by atoms with Crippen molar-refractivity contribution in [3.63, 3.8) is 0 Å². The molecule has 1 aromatic carbocycles. The first-order valence-corrected chi connectivity index (χ1v) is 7.72. The van der Waals surface area contributed by atoms with Crippen LogP contribution < -0.4 is 10.6 Å². The molecule has 0 amide bonds. The smallest absolute Gasteiger partial charge is 0.0390 e. The van der Waals surface area contributed by atoms with Crippen molar-refractivity contribution in [3.05, 3.63) is 28.2 Å². The number of rotatable bonds is 2. The fourth-order valence-electron chi connectivity index (χ4n) is 2.83. The Kier molecular flexibility index (Phi) is 4.87. The number of benzene rings is 1. The van der Waals surface area contributed by atoms with Gasteiger partial charge < -0.3 is 15.5 Å². The van der Waals surface area contributed by atoms with Crippen LogP contribution in [0.3, 0.4) is 0 Å². The molecule has 1 aliphatic heterocycles. The van der Waals surface area contributed by atoms with Gasteiger partial charge in [0.25, 0.3) is 0 Å². The van der Waals surface area contributed by atoms with E-state index in [1.165, 1.54) is 15.7 Å². The summed E-state index contributed by atoms with van der Waals surface area (Å²) >= 11 is 3.57. The zero-order valence-electron chi connectivity index (χ0n) is 12.1. The summed E-state index contributed by atoms with van der Waals surface area (Å²) in [5.74, 6) is 0.658. The molecule has 0 spiro atoms. The van der Waals surface area contributed by atoms with Crippen LogP contribution in [0, 0.1) is 12.8 Å². The number of aryl methyl sites for hydroxylation is 1. The Morgan fingerprint density at radius 3 is 2.68 bits per heavy atom. The predicted octanol–water partition coefficient (Wildman–Crippen LogP) is 2.47. The Morgan fingerprint density at radius 2 is 2.05 bits per heavy atom. The molecule has 1 saturated heterocycles. The molecule has 2 rings (SSSR count). The van der Waals surface area contributed by atoms with Crippen LogP contribution in [0.25, 0.3) is 0 Å². The summed E-state index contributed by atoms with van der Waals surface area (Å²) in [6, 6.07) is 7.04. The lowest BCUT2D eigenvalue weighted by Gasteiger charge is -2.29. The van der Waals surface area contributed by atoms with Gasteiger partial charge in [0.2, 0.25) is 0 Å². The number of likely N-dealkylation sites (N-methyl/N-ethyl adjacent to an activating group) is 1. The summed E-state index contributed by atoms with van der Waals surface area (Å²) < 4.78 is 1.17. The van der Waals surface area contributed by atoms with Crippen LogP contribution in [0.4, 0.5) is 5.69 Å². The summed E-state index contributed by atoms with van der Waals surface area (Å²) in [6.45, 7) is 8.40. The van der Waals surface area contributed by atoms with Gasteiger partial charge in [0.1, 0.15) is 0 Å². The van der Waals surface area contributed by atoms with Gasteiger partial charge in [-0.25, -0.2) is 0 Å². The van der Waals surface area contributed by atoms with Gasteiger partial charge in [-0.05, 0) is 43.7 Å². The first-order chi connectivity index (χ1) is 9.01. The Morgan fingerprint density at radius 1 is 1.32 bits per heavy atom. The molecule has 4 heteroatoms. The Hall–Kier alpha value is -0.580. The zero-order chi connectivity index (χ0) is 14.0. The molecule has 0 aliphatic carbocycles. The molecule has 0 radical (unpaired) electrons. The zero-order valence-corrected chi connectivity index (χ0v) is 13.7. The van der Waals surface area contributed by atoms with Crippen molar-refractivity contribution in [1.82, 2.24) is 4.90 Å². The second kappa shape index (κ2) is 6.25. The molecule has 2 N–H and O–H groups in total. The van der Waals surface area contributed by atoms with E-state index in [1.807, 2.05) is 0 Å². The minimum Gasteiger partial charge on any atom is -0.370 e. The van der Waals surface area contributed by atoms with Gasteiger partial charge in [-0.3, -0.25) is 0 Å². The number of hydrogen-bond donors (Lipinski definition) is 1. The molecule has 1 aliphatic rings. The van der Waals surface area contributed by atoms with Gasteiger partial charge in [-0.15, -0.1) is 0 Å². The van der Waals surface area contributed by atoms with E-state index < -0.39 is 0 Å². The molecule has 1 fully saturated rings. The summed E-state index contributed by atoms with van der Waals surface area (Å²) in [5, 5.41) is 0. The van der Waals surface area contributed by atoms with Crippen LogP contribution in [0.15, 0.2) is 22.7 Å². The standard InChI is InChI=1S/C15H24BrN3/c1-11-8-18(3)14(7-17)10-19(9-11)13-4-5-15(16)12(2)6-13/h4-6,11,14H,7-10,17H2,1-3H3. The van der Waals surface area contributed by atoms with E-state index >= 15 is 0 Å². The monoisotopic (exact) mass is 325 g/mol. The molecule has 2 unspecified atom stereocenters. The van der Waals surface area contributed by atoms with Crippen molar-refractivity contribution in [3.8, 4) is 0 Å². The molecule has 19 heavy (non-hydrogen) atoms. The van der Waals surface area contributed by atoms with E-state index in [-0.39, 0.29) is 0 Å². The Bertz CT molecular complexity index is 435. The predicted molar refractivity (Wildman–Crippen MR) is 85.7 cm³/mol. The highest BCUT2D eigenvalue weighted by Crippen LogP contribution is 2.25. The maximum atomic E-state index is 5.93. The van der Waals surface area contributed by atoms with E-state index in [0.717, 1.165) is 26.2 Å². The Balaban J connectivity index is 2.23. The van der Waals surface area contributed by atoms with E-state index in [9.17, 15) is 0 Å². The fraction of sp³-hybridized carbons (Fsp3) is 0.600. The van der Waals surface area contributed by atoms with E-state index in [0.29, 0.717) is 12.0 Å². The average Bonchev–Trinajstić information content (AvgIpc) is 2.51. The average molecular weight is 326 g/mol. The molecule has 0 saturated carbocycles. The second-order valence-electron chi connectivity index (χ2n) is 5.77. The van der Waals surface area contributed by atoms with Crippen LogP contribution in [0.1, 0.15) is 12.5 Å². The molecule has 3 nitrogen and oxygen atoms in total. The number of nitrogens with two attached hydrogens (primary N) is 1. The third-order valence-corrected chi connectivity index (χ3v) is 4.85. The minimum absolute atomic E-state index is 0.439. The lowest BCUT2D eigenvalue weighted by atomic mass is 10.1. The molecular weight excluding hydrogens is 302 g/mol. The number of anilines is 1. The fourth-order valence-corrected chi connectivity index (χ4v) is 3.08. The minimum atomic E-state index is 0.439. The molecule has 106 valence electrons. The second-order valence-corrected chi connectivity index (χ2v) is 6.63. The SMILES string of the molecule is Cc1cc(N2CC(C)CN(C)C(CN)C2)ccc1Br. The third-order valence-electron chi connectivity index (χ3n) is 3.96. The van der Waals surface area contributed by atoms with Crippen molar-refractivity contribution in [2.45, 2.75) is 19.9 Å². The number of halogens is 1. The lowest BCUT2D eigenvalue weighted by molar-refractivity contribution is 0.244. The third kappa shape index (κ3) is 3.50. The van der Waals surface area contributed by atoms with E-state index in [2.05, 4.69) is 64.8 Å². The quantitative estimate of drug-likeness (QED) is 0.906. The molecule has 1 heterocycles. The largest absolute Gasteiger partial charge is 0.370 e. The topological polar surface area (TPSA) is 32.5 Å². The van der Waals surface area contributed by atoms with Gasteiger partial charge in [-0.2, -0.15) is 0 Å². The van der Waals surface area contributed by atoms with Gasteiger partial charge in [0, 0.05) is 42.4 Å². The van der Waals surface area contributed by atoms with E-state index in [1.54, 1.807) is 0 Å². The van der Waals surface area contributed by atoms with Gasteiger partial charge in [0.05, 0.1) is 0 Å². The van der Waals surface area contributed by atoms with Crippen LogP contribution in [-0.4, -0.2) is 44.2 Å².